The molecular formula is C23H31N3O4S. The fraction of sp³-hybridized carbons (Fsp3) is 0.435. The lowest BCUT2D eigenvalue weighted by molar-refractivity contribution is -0.133. The minimum Gasteiger partial charge on any atom is -0.495 e. The Morgan fingerprint density at radius 1 is 1.10 bits per heavy atom. The van der Waals surface area contributed by atoms with Gasteiger partial charge in [-0.25, -0.2) is 8.42 Å². The third-order valence-electron chi connectivity index (χ3n) is 5.57. The van der Waals surface area contributed by atoms with E-state index in [9.17, 15) is 13.2 Å². The van der Waals surface area contributed by atoms with Gasteiger partial charge >= 0.3 is 0 Å². The van der Waals surface area contributed by atoms with Gasteiger partial charge in [-0.05, 0) is 37.1 Å². The second-order valence-corrected chi connectivity index (χ2v) is 9.86. The smallest absolute Gasteiger partial charge is 0.246 e. The Morgan fingerprint density at radius 3 is 2.32 bits per heavy atom. The summed E-state index contributed by atoms with van der Waals surface area (Å²) in [5.74, 6) is 0.219. The molecule has 1 atom stereocenters. The molecule has 1 heterocycles. The molecule has 1 saturated heterocycles. The van der Waals surface area contributed by atoms with E-state index in [1.165, 1.54) is 17.0 Å². The molecule has 2 aromatic carbocycles. The van der Waals surface area contributed by atoms with Gasteiger partial charge in [0.25, 0.3) is 0 Å². The summed E-state index contributed by atoms with van der Waals surface area (Å²) in [5.41, 5.74) is 2.51. The summed E-state index contributed by atoms with van der Waals surface area (Å²) in [5, 5.41) is 0. The number of aryl methyl sites for hydroxylation is 1. The molecule has 0 saturated carbocycles. The number of methoxy groups -OCH3 is 1. The van der Waals surface area contributed by atoms with Gasteiger partial charge < -0.3 is 9.64 Å². The first kappa shape index (κ1) is 23.1. The Hall–Kier alpha value is -2.58. The Bertz CT molecular complexity index is 1000. The molecular weight excluding hydrogens is 414 g/mol. The third-order valence-corrected chi connectivity index (χ3v) is 6.80. The largest absolute Gasteiger partial charge is 0.495 e. The van der Waals surface area contributed by atoms with Crippen molar-refractivity contribution in [2.45, 2.75) is 26.4 Å². The second kappa shape index (κ2) is 9.70. The van der Waals surface area contributed by atoms with Crippen LogP contribution in [-0.2, 0) is 21.4 Å². The van der Waals surface area contributed by atoms with Crippen LogP contribution in [0.1, 0.15) is 18.1 Å². The Kier molecular flexibility index (Phi) is 7.23. The van der Waals surface area contributed by atoms with Crippen LogP contribution in [-0.4, -0.2) is 69.7 Å². The van der Waals surface area contributed by atoms with Crippen molar-refractivity contribution in [3.05, 3.63) is 59.7 Å². The lowest BCUT2D eigenvalue weighted by atomic mass is 10.1. The predicted octanol–water partition coefficient (Wildman–Crippen LogP) is 2.50. The van der Waals surface area contributed by atoms with Crippen molar-refractivity contribution in [1.82, 2.24) is 9.80 Å². The van der Waals surface area contributed by atoms with E-state index in [4.69, 9.17) is 4.74 Å². The second-order valence-electron chi connectivity index (χ2n) is 8.00. The summed E-state index contributed by atoms with van der Waals surface area (Å²) in [4.78, 5) is 17.3. The quantitative estimate of drug-likeness (QED) is 0.655. The molecule has 0 spiro atoms. The van der Waals surface area contributed by atoms with Gasteiger partial charge in [-0.15, -0.1) is 0 Å². The maximum Gasteiger partial charge on any atom is 0.246 e. The van der Waals surface area contributed by atoms with Crippen LogP contribution in [0, 0.1) is 6.92 Å². The van der Waals surface area contributed by atoms with Gasteiger partial charge in [-0.2, -0.15) is 0 Å². The molecule has 31 heavy (non-hydrogen) atoms. The monoisotopic (exact) mass is 445 g/mol. The highest BCUT2D eigenvalue weighted by atomic mass is 32.2. The molecule has 7 nitrogen and oxygen atoms in total. The number of benzene rings is 2. The average molecular weight is 446 g/mol. The number of hydrogen-bond acceptors (Lipinski definition) is 5. The Balaban J connectivity index is 1.74. The first-order chi connectivity index (χ1) is 14.7. The number of carbonyl (C=O) groups excluding carboxylic acids is 1. The van der Waals surface area contributed by atoms with E-state index in [-0.39, 0.29) is 5.91 Å². The SMILES string of the molecule is COc1ccc(C)cc1N([C@H](C)C(=O)N1CCN(Cc2ccccc2)CC1)S(C)(=O)=O. The van der Waals surface area contributed by atoms with Crippen molar-refractivity contribution in [1.29, 1.82) is 0 Å². The summed E-state index contributed by atoms with van der Waals surface area (Å²) in [6, 6.07) is 14.7. The van der Waals surface area contributed by atoms with Crippen LogP contribution in [0.3, 0.4) is 0 Å². The van der Waals surface area contributed by atoms with Crippen molar-refractivity contribution in [2.75, 3.05) is 43.8 Å². The van der Waals surface area contributed by atoms with Crippen LogP contribution in [0.25, 0.3) is 0 Å². The maximum atomic E-state index is 13.3. The first-order valence-corrected chi connectivity index (χ1v) is 12.2. The number of rotatable bonds is 7. The standard InChI is InChI=1S/C23H31N3O4S/c1-18-10-11-22(30-3)21(16-18)26(31(4,28)29)19(2)23(27)25-14-12-24(13-15-25)17-20-8-6-5-7-9-20/h5-11,16,19H,12-15,17H2,1-4H3/t19-/m1/s1. The van der Waals surface area contributed by atoms with Gasteiger partial charge in [-0.3, -0.25) is 14.0 Å². The summed E-state index contributed by atoms with van der Waals surface area (Å²) < 4.78 is 31.9. The molecule has 0 N–H and O–H groups in total. The number of hydrogen-bond donors (Lipinski definition) is 0. The zero-order valence-corrected chi connectivity index (χ0v) is 19.4. The molecule has 1 amide bonds. The lowest BCUT2D eigenvalue weighted by Gasteiger charge is -2.38. The lowest BCUT2D eigenvalue weighted by Crippen LogP contribution is -2.55. The van der Waals surface area contributed by atoms with E-state index < -0.39 is 16.1 Å². The van der Waals surface area contributed by atoms with Gasteiger partial charge in [0.15, 0.2) is 0 Å². The molecule has 1 aliphatic rings. The van der Waals surface area contributed by atoms with E-state index in [1.54, 1.807) is 24.0 Å². The zero-order valence-electron chi connectivity index (χ0n) is 18.6. The van der Waals surface area contributed by atoms with Gasteiger partial charge in [0.05, 0.1) is 19.1 Å². The van der Waals surface area contributed by atoms with E-state index >= 15 is 0 Å². The summed E-state index contributed by atoms with van der Waals surface area (Å²) in [7, 11) is -2.21. The van der Waals surface area contributed by atoms with Crippen molar-refractivity contribution in [3.8, 4) is 5.75 Å². The number of ether oxygens (including phenoxy) is 1. The number of nitrogens with zero attached hydrogens (tertiary/aromatic N) is 3. The molecule has 168 valence electrons. The highest BCUT2D eigenvalue weighted by Crippen LogP contribution is 2.33. The molecule has 0 radical (unpaired) electrons. The van der Waals surface area contributed by atoms with Crippen molar-refractivity contribution in [2.24, 2.45) is 0 Å². The number of amides is 1. The molecule has 0 bridgehead atoms. The molecule has 3 rings (SSSR count). The molecule has 0 aliphatic carbocycles. The van der Waals surface area contributed by atoms with E-state index in [0.717, 1.165) is 31.5 Å². The van der Waals surface area contributed by atoms with Gasteiger partial charge in [0.1, 0.15) is 11.8 Å². The molecule has 2 aromatic rings. The Labute approximate surface area is 185 Å². The number of piperazine rings is 1. The fourth-order valence-electron chi connectivity index (χ4n) is 3.98. The minimum atomic E-state index is -3.71. The van der Waals surface area contributed by atoms with Crippen LogP contribution in [0.15, 0.2) is 48.5 Å². The van der Waals surface area contributed by atoms with Gasteiger partial charge in [0, 0.05) is 32.7 Å². The molecule has 8 heteroatoms. The normalized spacial score (nSPS) is 16.1. The van der Waals surface area contributed by atoms with Gasteiger partial charge in [-0.1, -0.05) is 36.4 Å². The average Bonchev–Trinajstić information content (AvgIpc) is 2.74. The molecule has 0 unspecified atom stereocenters. The summed E-state index contributed by atoms with van der Waals surface area (Å²) in [6.45, 7) is 6.99. The van der Waals surface area contributed by atoms with E-state index in [2.05, 4.69) is 17.0 Å². The predicted molar refractivity (Wildman–Crippen MR) is 123 cm³/mol. The van der Waals surface area contributed by atoms with Crippen molar-refractivity contribution in [3.63, 3.8) is 0 Å². The van der Waals surface area contributed by atoms with Crippen LogP contribution < -0.4 is 9.04 Å². The fourth-order valence-corrected chi connectivity index (χ4v) is 5.14. The van der Waals surface area contributed by atoms with E-state index in [0.29, 0.717) is 24.5 Å². The van der Waals surface area contributed by atoms with Crippen LogP contribution in [0.4, 0.5) is 5.69 Å². The topological polar surface area (TPSA) is 70.2 Å². The third kappa shape index (κ3) is 5.57. The van der Waals surface area contributed by atoms with Crippen LogP contribution in [0.2, 0.25) is 0 Å². The highest BCUT2D eigenvalue weighted by molar-refractivity contribution is 7.92. The first-order valence-electron chi connectivity index (χ1n) is 10.4. The van der Waals surface area contributed by atoms with Crippen molar-refractivity contribution >= 4 is 21.6 Å². The van der Waals surface area contributed by atoms with Gasteiger partial charge in [0.2, 0.25) is 15.9 Å². The zero-order chi connectivity index (χ0) is 22.6. The summed E-state index contributed by atoms with van der Waals surface area (Å²) in [6.07, 6.45) is 1.12. The molecule has 1 aliphatic heterocycles. The minimum absolute atomic E-state index is 0.201. The highest BCUT2D eigenvalue weighted by Gasteiger charge is 2.34. The van der Waals surface area contributed by atoms with Crippen LogP contribution >= 0.6 is 0 Å². The maximum absolute atomic E-state index is 13.3. The number of carbonyl (C=O) groups is 1. The Morgan fingerprint density at radius 2 is 1.74 bits per heavy atom. The molecule has 0 aromatic heterocycles. The number of sulfonamides is 1. The van der Waals surface area contributed by atoms with Crippen molar-refractivity contribution < 1.29 is 17.9 Å². The number of anilines is 1. The van der Waals surface area contributed by atoms with Crippen LogP contribution in [0.5, 0.6) is 5.75 Å². The van der Waals surface area contributed by atoms with E-state index in [1.807, 2.05) is 31.2 Å². The summed E-state index contributed by atoms with van der Waals surface area (Å²) >= 11 is 0. The molecule has 1 fully saturated rings.